The van der Waals surface area contributed by atoms with E-state index in [-0.39, 0.29) is 17.8 Å². The number of nitrogens with one attached hydrogen (secondary N) is 1. The molecule has 0 aliphatic carbocycles. The molecule has 2 N–H and O–H groups in total. The lowest BCUT2D eigenvalue weighted by molar-refractivity contribution is -0.139. The van der Waals surface area contributed by atoms with Crippen molar-refractivity contribution in [3.05, 3.63) is 35.3 Å². The molecule has 6 heteroatoms. The number of hydrogen-bond donors (Lipinski definition) is 2. The number of carbonyl (C=O) groups excluding carboxylic acids is 1. The SMILES string of the molecule is CC[C@H](NC(=O)c1oc2c(F)cccc2c1C)C(=O)O. The van der Waals surface area contributed by atoms with E-state index >= 15 is 0 Å². The summed E-state index contributed by atoms with van der Waals surface area (Å²) in [5.41, 5.74) is 0.482. The third kappa shape index (κ3) is 2.36. The topological polar surface area (TPSA) is 79.5 Å². The van der Waals surface area contributed by atoms with Crippen molar-refractivity contribution < 1.29 is 23.5 Å². The fourth-order valence-corrected chi connectivity index (χ4v) is 1.99. The summed E-state index contributed by atoms with van der Waals surface area (Å²) in [7, 11) is 0. The van der Waals surface area contributed by atoms with Gasteiger partial charge in [0, 0.05) is 10.9 Å². The number of carboxylic acid groups (broad SMARTS) is 1. The fraction of sp³-hybridized carbons (Fsp3) is 0.286. The minimum absolute atomic E-state index is 0.00137. The van der Waals surface area contributed by atoms with Crippen LogP contribution >= 0.6 is 0 Å². The number of carboxylic acids is 1. The lowest BCUT2D eigenvalue weighted by Gasteiger charge is -2.10. The molecule has 1 amide bonds. The van der Waals surface area contributed by atoms with Crippen molar-refractivity contribution in [2.75, 3.05) is 0 Å². The Balaban J connectivity index is 2.38. The van der Waals surface area contributed by atoms with Crippen LogP contribution in [0.25, 0.3) is 11.0 Å². The zero-order valence-corrected chi connectivity index (χ0v) is 11.1. The number of benzene rings is 1. The van der Waals surface area contributed by atoms with Crippen molar-refractivity contribution >= 4 is 22.8 Å². The van der Waals surface area contributed by atoms with Gasteiger partial charge in [0.25, 0.3) is 5.91 Å². The van der Waals surface area contributed by atoms with Gasteiger partial charge < -0.3 is 14.8 Å². The molecular weight excluding hydrogens is 265 g/mol. The number of hydrogen-bond acceptors (Lipinski definition) is 3. The van der Waals surface area contributed by atoms with Crippen LogP contribution in [0.1, 0.15) is 29.5 Å². The van der Waals surface area contributed by atoms with Gasteiger partial charge in [-0.15, -0.1) is 0 Å². The van der Waals surface area contributed by atoms with Gasteiger partial charge in [0.1, 0.15) is 6.04 Å². The minimum atomic E-state index is -1.12. The van der Waals surface area contributed by atoms with Crippen LogP contribution in [0.3, 0.4) is 0 Å². The predicted molar refractivity (Wildman–Crippen MR) is 70.1 cm³/mol. The summed E-state index contributed by atoms with van der Waals surface area (Å²) in [6.07, 6.45) is 0.245. The van der Waals surface area contributed by atoms with Gasteiger partial charge in [0.15, 0.2) is 17.2 Å². The molecule has 1 aromatic heterocycles. The van der Waals surface area contributed by atoms with Crippen LogP contribution in [0.15, 0.2) is 22.6 Å². The van der Waals surface area contributed by atoms with E-state index in [1.807, 2.05) is 0 Å². The van der Waals surface area contributed by atoms with Gasteiger partial charge in [0.2, 0.25) is 0 Å². The Morgan fingerprint density at radius 3 is 2.70 bits per heavy atom. The Bertz CT molecular complexity index is 677. The molecule has 0 fully saturated rings. The molecule has 0 radical (unpaired) electrons. The molecule has 1 heterocycles. The van der Waals surface area contributed by atoms with E-state index in [1.165, 1.54) is 12.1 Å². The molecule has 0 saturated carbocycles. The van der Waals surface area contributed by atoms with Crippen LogP contribution < -0.4 is 5.32 Å². The maximum Gasteiger partial charge on any atom is 0.326 e. The number of fused-ring (bicyclic) bond motifs is 1. The van der Waals surface area contributed by atoms with Crippen LogP contribution in [0, 0.1) is 12.7 Å². The molecule has 0 bridgehead atoms. The third-order valence-electron chi connectivity index (χ3n) is 3.13. The molecule has 1 atom stereocenters. The van der Waals surface area contributed by atoms with Crippen molar-refractivity contribution in [3.8, 4) is 0 Å². The average molecular weight is 279 g/mol. The fourth-order valence-electron chi connectivity index (χ4n) is 1.99. The number of para-hydroxylation sites is 1. The summed E-state index contributed by atoms with van der Waals surface area (Å²) in [4.78, 5) is 22.9. The molecule has 1 aromatic carbocycles. The molecule has 20 heavy (non-hydrogen) atoms. The second-order valence-corrected chi connectivity index (χ2v) is 4.45. The van der Waals surface area contributed by atoms with Crippen LogP contribution in [-0.4, -0.2) is 23.0 Å². The number of halogens is 1. The molecule has 0 saturated heterocycles. The maximum atomic E-state index is 13.6. The highest BCUT2D eigenvalue weighted by molar-refractivity contribution is 6.00. The van der Waals surface area contributed by atoms with Crippen molar-refractivity contribution in [3.63, 3.8) is 0 Å². The van der Waals surface area contributed by atoms with Crippen molar-refractivity contribution in [2.45, 2.75) is 26.3 Å². The normalized spacial score (nSPS) is 12.3. The van der Waals surface area contributed by atoms with E-state index in [1.54, 1.807) is 19.9 Å². The molecule has 2 aromatic rings. The van der Waals surface area contributed by atoms with Crippen molar-refractivity contribution in [2.24, 2.45) is 0 Å². The number of rotatable bonds is 4. The van der Waals surface area contributed by atoms with Crippen LogP contribution in [0.5, 0.6) is 0 Å². The van der Waals surface area contributed by atoms with Gasteiger partial charge >= 0.3 is 5.97 Å². The van der Waals surface area contributed by atoms with E-state index < -0.39 is 23.7 Å². The number of aliphatic carboxylic acids is 1. The molecule has 0 spiro atoms. The standard InChI is InChI=1S/C14H14FNO4/c1-3-10(14(18)19)16-13(17)11-7(2)8-5-4-6-9(15)12(8)20-11/h4-6,10H,3H2,1-2H3,(H,16,17)(H,18,19)/t10-/m0/s1. The monoisotopic (exact) mass is 279 g/mol. The third-order valence-corrected chi connectivity index (χ3v) is 3.13. The zero-order valence-electron chi connectivity index (χ0n) is 11.1. The van der Waals surface area contributed by atoms with Crippen LogP contribution in [0.4, 0.5) is 4.39 Å². The Kier molecular flexibility index (Phi) is 3.74. The molecule has 0 aliphatic rings. The second kappa shape index (κ2) is 5.32. The second-order valence-electron chi connectivity index (χ2n) is 4.45. The quantitative estimate of drug-likeness (QED) is 0.901. The highest BCUT2D eigenvalue weighted by Crippen LogP contribution is 2.27. The molecule has 106 valence electrons. The number of aryl methyl sites for hydroxylation is 1. The highest BCUT2D eigenvalue weighted by Gasteiger charge is 2.24. The molecular formula is C14H14FNO4. The first-order valence-electron chi connectivity index (χ1n) is 6.17. The van der Waals surface area contributed by atoms with Gasteiger partial charge in [-0.3, -0.25) is 4.79 Å². The number of carbonyl (C=O) groups is 2. The summed E-state index contributed by atoms with van der Waals surface area (Å²) in [6, 6.07) is 3.40. The first-order chi connectivity index (χ1) is 9.45. The van der Waals surface area contributed by atoms with E-state index in [9.17, 15) is 14.0 Å². The van der Waals surface area contributed by atoms with Crippen LogP contribution in [-0.2, 0) is 4.79 Å². The number of furan rings is 1. The largest absolute Gasteiger partial charge is 0.480 e. The van der Waals surface area contributed by atoms with E-state index in [0.29, 0.717) is 10.9 Å². The Morgan fingerprint density at radius 1 is 1.45 bits per heavy atom. The Labute approximate surface area is 114 Å². The minimum Gasteiger partial charge on any atom is -0.480 e. The Morgan fingerprint density at radius 2 is 2.15 bits per heavy atom. The van der Waals surface area contributed by atoms with Gasteiger partial charge in [-0.25, -0.2) is 9.18 Å². The van der Waals surface area contributed by atoms with E-state index in [0.717, 1.165) is 0 Å². The lowest BCUT2D eigenvalue weighted by Crippen LogP contribution is -2.40. The first kappa shape index (κ1) is 14.0. The van der Waals surface area contributed by atoms with Gasteiger partial charge in [0.05, 0.1) is 0 Å². The Hall–Kier alpha value is -2.37. The van der Waals surface area contributed by atoms with E-state index in [2.05, 4.69) is 5.32 Å². The van der Waals surface area contributed by atoms with Gasteiger partial charge in [-0.05, 0) is 19.4 Å². The average Bonchev–Trinajstić information content (AvgIpc) is 2.75. The predicted octanol–water partition coefficient (Wildman–Crippen LogP) is 2.47. The molecule has 2 rings (SSSR count). The summed E-state index contributed by atoms with van der Waals surface area (Å²) < 4.78 is 18.8. The molecule has 0 aliphatic heterocycles. The van der Waals surface area contributed by atoms with Crippen LogP contribution in [0.2, 0.25) is 0 Å². The lowest BCUT2D eigenvalue weighted by atomic mass is 10.1. The first-order valence-corrected chi connectivity index (χ1v) is 6.17. The summed E-state index contributed by atoms with van der Waals surface area (Å²) in [5.74, 6) is -2.41. The van der Waals surface area contributed by atoms with Gasteiger partial charge in [-0.1, -0.05) is 19.1 Å². The van der Waals surface area contributed by atoms with Crippen molar-refractivity contribution in [1.29, 1.82) is 0 Å². The smallest absolute Gasteiger partial charge is 0.326 e. The van der Waals surface area contributed by atoms with Crippen molar-refractivity contribution in [1.82, 2.24) is 5.32 Å². The number of amides is 1. The maximum absolute atomic E-state index is 13.6. The molecule has 5 nitrogen and oxygen atoms in total. The molecule has 0 unspecified atom stereocenters. The summed E-state index contributed by atoms with van der Waals surface area (Å²) in [6.45, 7) is 3.27. The summed E-state index contributed by atoms with van der Waals surface area (Å²) in [5, 5.41) is 11.8. The summed E-state index contributed by atoms with van der Waals surface area (Å²) >= 11 is 0. The van der Waals surface area contributed by atoms with Gasteiger partial charge in [-0.2, -0.15) is 0 Å². The highest BCUT2D eigenvalue weighted by atomic mass is 19.1. The zero-order chi connectivity index (χ0) is 14.9. The van der Waals surface area contributed by atoms with E-state index in [4.69, 9.17) is 9.52 Å².